The second-order valence-corrected chi connectivity index (χ2v) is 11.7. The number of nitrogens with zero attached hydrogens (tertiary/aromatic N) is 6. The average molecular weight is 549 g/mol. The van der Waals surface area contributed by atoms with E-state index in [9.17, 15) is 9.59 Å². The molecule has 1 saturated heterocycles. The monoisotopic (exact) mass is 548 g/mol. The van der Waals surface area contributed by atoms with E-state index in [4.69, 9.17) is 4.74 Å². The predicted octanol–water partition coefficient (Wildman–Crippen LogP) is 3.60. The Balaban J connectivity index is 1.15. The minimum Gasteiger partial charge on any atom is -0.477 e. The van der Waals surface area contributed by atoms with Crippen LogP contribution in [0.2, 0.25) is 0 Å². The zero-order valence-corrected chi connectivity index (χ0v) is 23.2. The summed E-state index contributed by atoms with van der Waals surface area (Å²) in [4.78, 5) is 34.5. The van der Waals surface area contributed by atoms with E-state index in [1.807, 2.05) is 10.9 Å². The molecule has 0 spiro atoms. The van der Waals surface area contributed by atoms with Crippen molar-refractivity contribution in [1.82, 2.24) is 34.6 Å². The Morgan fingerprint density at radius 1 is 1.13 bits per heavy atom. The molecule has 0 aromatic carbocycles. The molecule has 4 aromatic rings. The largest absolute Gasteiger partial charge is 0.477 e. The minimum atomic E-state index is -0.314. The van der Waals surface area contributed by atoms with Gasteiger partial charge in [0.05, 0.1) is 51.9 Å². The van der Waals surface area contributed by atoms with Crippen molar-refractivity contribution in [3.63, 3.8) is 0 Å². The maximum absolute atomic E-state index is 13.3. The van der Waals surface area contributed by atoms with Gasteiger partial charge in [0.2, 0.25) is 5.88 Å². The highest BCUT2D eigenvalue weighted by molar-refractivity contribution is 7.21. The first kappa shape index (κ1) is 25.5. The molecule has 0 radical (unpaired) electrons. The summed E-state index contributed by atoms with van der Waals surface area (Å²) < 4.78 is 9.39. The van der Waals surface area contributed by atoms with Gasteiger partial charge in [0, 0.05) is 44.0 Å². The molecule has 0 unspecified atom stereocenters. The first-order valence-electron chi connectivity index (χ1n) is 13.3. The summed E-state index contributed by atoms with van der Waals surface area (Å²) in [5, 5.41) is 14.7. The SMILES string of the molecule is Cc1ncc(C(=O)NCCN2CCCC2(C)C)cc1NC(=O)c1cnn2cc(-c3cnn4c3OCCC4)sc12. The fourth-order valence-electron chi connectivity index (χ4n) is 5.26. The van der Waals surface area contributed by atoms with E-state index < -0.39 is 0 Å². The number of ether oxygens (including phenoxy) is 1. The van der Waals surface area contributed by atoms with Crippen LogP contribution >= 0.6 is 11.3 Å². The normalized spacial score (nSPS) is 16.7. The molecule has 2 aliphatic rings. The standard InChI is InChI=1S/C27H32N8O3S/c1-17-21(12-18(13-29-17)23(36)28-7-10-33-8-4-6-27(33,2)3)32-24(37)20-15-31-35-16-22(39-26(20)35)19-14-30-34-9-5-11-38-25(19)34/h12-16H,4-11H2,1-3H3,(H,28,36)(H,32,37). The van der Waals surface area contributed by atoms with Crippen LogP contribution in [0.1, 0.15) is 59.5 Å². The van der Waals surface area contributed by atoms with Gasteiger partial charge in [-0.25, -0.2) is 9.20 Å². The van der Waals surface area contributed by atoms with E-state index in [0.29, 0.717) is 40.5 Å². The van der Waals surface area contributed by atoms with Crippen molar-refractivity contribution in [2.24, 2.45) is 0 Å². The second-order valence-electron chi connectivity index (χ2n) is 10.7. The van der Waals surface area contributed by atoms with Crippen LogP contribution in [-0.2, 0) is 6.54 Å². The van der Waals surface area contributed by atoms with Crippen molar-refractivity contribution in [3.8, 4) is 16.3 Å². The first-order valence-corrected chi connectivity index (χ1v) is 14.1. The number of thiazole rings is 1. The van der Waals surface area contributed by atoms with Crippen LogP contribution in [0, 0.1) is 6.92 Å². The van der Waals surface area contributed by atoms with Crippen molar-refractivity contribution in [2.45, 2.75) is 52.1 Å². The summed E-state index contributed by atoms with van der Waals surface area (Å²) in [6.07, 6.45) is 10.1. The number of fused-ring (bicyclic) bond motifs is 2. The number of carbonyl (C=O) groups is 2. The number of amides is 2. The van der Waals surface area contributed by atoms with Crippen molar-refractivity contribution in [3.05, 3.63) is 47.7 Å². The second kappa shape index (κ2) is 10.1. The number of rotatable bonds is 7. The lowest BCUT2D eigenvalue weighted by atomic mass is 10.0. The number of anilines is 1. The lowest BCUT2D eigenvalue weighted by Gasteiger charge is -2.31. The van der Waals surface area contributed by atoms with Crippen molar-refractivity contribution in [1.29, 1.82) is 0 Å². The maximum Gasteiger partial charge on any atom is 0.260 e. The molecule has 11 nitrogen and oxygen atoms in total. The molecule has 2 aliphatic heterocycles. The molecule has 12 heteroatoms. The zero-order chi connectivity index (χ0) is 27.1. The van der Waals surface area contributed by atoms with E-state index in [2.05, 4.69) is 44.6 Å². The summed E-state index contributed by atoms with van der Waals surface area (Å²) in [7, 11) is 0. The maximum atomic E-state index is 13.3. The van der Waals surface area contributed by atoms with E-state index in [0.717, 1.165) is 42.4 Å². The zero-order valence-electron chi connectivity index (χ0n) is 22.4. The third kappa shape index (κ3) is 4.89. The summed E-state index contributed by atoms with van der Waals surface area (Å²) in [5.41, 5.74) is 3.02. The molecule has 0 atom stereocenters. The third-order valence-corrected chi connectivity index (χ3v) is 8.73. The fraction of sp³-hybridized carbons (Fsp3) is 0.444. The number of nitrogens with one attached hydrogen (secondary N) is 2. The number of carbonyl (C=O) groups excluding carboxylic acids is 2. The van der Waals surface area contributed by atoms with Gasteiger partial charge in [-0.2, -0.15) is 10.2 Å². The Labute approximate surface area is 230 Å². The average Bonchev–Trinajstić information content (AvgIpc) is 3.68. The van der Waals surface area contributed by atoms with Crippen molar-refractivity contribution in [2.75, 3.05) is 31.6 Å². The van der Waals surface area contributed by atoms with Gasteiger partial charge in [-0.15, -0.1) is 11.3 Å². The van der Waals surface area contributed by atoms with Crippen LogP contribution in [0.15, 0.2) is 30.9 Å². The van der Waals surface area contributed by atoms with E-state index >= 15 is 0 Å². The summed E-state index contributed by atoms with van der Waals surface area (Å²) in [5.74, 6) is 0.223. The predicted molar refractivity (Wildman–Crippen MR) is 149 cm³/mol. The van der Waals surface area contributed by atoms with Crippen LogP contribution in [0.25, 0.3) is 15.3 Å². The molecule has 2 amide bonds. The lowest BCUT2D eigenvalue weighted by molar-refractivity contribution is 0.0938. The van der Waals surface area contributed by atoms with Gasteiger partial charge >= 0.3 is 0 Å². The number of pyridine rings is 1. The van der Waals surface area contributed by atoms with Crippen LogP contribution < -0.4 is 15.4 Å². The minimum absolute atomic E-state index is 0.169. The Hall–Kier alpha value is -3.77. The molecule has 0 aliphatic carbocycles. The van der Waals surface area contributed by atoms with Gasteiger partial charge in [0.1, 0.15) is 4.83 Å². The van der Waals surface area contributed by atoms with Gasteiger partial charge in [-0.05, 0) is 46.2 Å². The summed E-state index contributed by atoms with van der Waals surface area (Å²) in [6, 6.07) is 1.67. The van der Waals surface area contributed by atoms with E-state index in [-0.39, 0.29) is 17.4 Å². The van der Waals surface area contributed by atoms with Gasteiger partial charge in [-0.3, -0.25) is 19.5 Å². The summed E-state index contributed by atoms with van der Waals surface area (Å²) >= 11 is 1.45. The van der Waals surface area contributed by atoms with Gasteiger partial charge in [0.15, 0.2) is 0 Å². The number of aromatic nitrogens is 5. The fourth-order valence-corrected chi connectivity index (χ4v) is 6.32. The quantitative estimate of drug-likeness (QED) is 0.362. The number of hydrogen-bond donors (Lipinski definition) is 2. The van der Waals surface area contributed by atoms with Crippen LogP contribution in [0.5, 0.6) is 5.88 Å². The molecule has 1 fully saturated rings. The number of aryl methyl sites for hydroxylation is 2. The van der Waals surface area contributed by atoms with Gasteiger partial charge in [-0.1, -0.05) is 0 Å². The lowest BCUT2D eigenvalue weighted by Crippen LogP contribution is -2.43. The highest BCUT2D eigenvalue weighted by Gasteiger charge is 2.31. The molecular weight excluding hydrogens is 516 g/mol. The molecule has 6 heterocycles. The first-order chi connectivity index (χ1) is 18.8. The molecule has 0 saturated carbocycles. The molecule has 0 bridgehead atoms. The molecule has 6 rings (SSSR count). The number of hydrogen-bond acceptors (Lipinski definition) is 8. The smallest absolute Gasteiger partial charge is 0.260 e. The third-order valence-electron chi connectivity index (χ3n) is 7.59. The highest BCUT2D eigenvalue weighted by atomic mass is 32.1. The van der Waals surface area contributed by atoms with Crippen LogP contribution in [0.4, 0.5) is 5.69 Å². The van der Waals surface area contributed by atoms with Gasteiger partial charge in [0.25, 0.3) is 11.8 Å². The van der Waals surface area contributed by atoms with Gasteiger partial charge < -0.3 is 15.4 Å². The molecule has 204 valence electrons. The van der Waals surface area contributed by atoms with Crippen LogP contribution in [0.3, 0.4) is 0 Å². The Morgan fingerprint density at radius 2 is 2.00 bits per heavy atom. The Kier molecular flexibility index (Phi) is 6.59. The highest BCUT2D eigenvalue weighted by Crippen LogP contribution is 2.37. The molecule has 4 aromatic heterocycles. The molecular formula is C27H32N8O3S. The number of likely N-dealkylation sites (tertiary alicyclic amines) is 1. The summed E-state index contributed by atoms with van der Waals surface area (Å²) in [6.45, 7) is 10.2. The Bertz CT molecular complexity index is 1550. The van der Waals surface area contributed by atoms with E-state index in [1.165, 1.54) is 24.2 Å². The Morgan fingerprint density at radius 3 is 2.82 bits per heavy atom. The van der Waals surface area contributed by atoms with E-state index in [1.54, 1.807) is 36.1 Å². The van der Waals surface area contributed by atoms with Crippen molar-refractivity contribution >= 4 is 33.7 Å². The van der Waals surface area contributed by atoms with Crippen molar-refractivity contribution < 1.29 is 14.3 Å². The van der Waals surface area contributed by atoms with Crippen LogP contribution in [-0.4, -0.2) is 72.9 Å². The topological polar surface area (TPSA) is 119 Å². The molecule has 2 N–H and O–H groups in total. The molecule has 39 heavy (non-hydrogen) atoms.